The zero-order valence-electron chi connectivity index (χ0n) is 19.0. The number of anilines is 1. The molecule has 0 aliphatic carbocycles. The van der Waals surface area contributed by atoms with E-state index in [4.69, 9.17) is 4.74 Å². The first kappa shape index (κ1) is 24.2. The van der Waals surface area contributed by atoms with E-state index in [9.17, 15) is 18.8 Å². The van der Waals surface area contributed by atoms with Crippen molar-refractivity contribution in [3.63, 3.8) is 0 Å². The highest BCUT2D eigenvalue weighted by Gasteiger charge is 2.32. The maximum absolute atomic E-state index is 14.9. The molecule has 10 nitrogen and oxygen atoms in total. The van der Waals surface area contributed by atoms with Crippen LogP contribution in [0.25, 0.3) is 11.1 Å². The highest BCUT2D eigenvalue weighted by atomic mass is 32.1. The highest BCUT2D eigenvalue weighted by molar-refractivity contribution is 7.07. The van der Waals surface area contributed by atoms with Crippen LogP contribution in [0.1, 0.15) is 27.9 Å². The summed E-state index contributed by atoms with van der Waals surface area (Å²) in [6.07, 6.45) is -1.08. The molecule has 182 valence electrons. The first-order valence-corrected chi connectivity index (χ1v) is 11.5. The number of nitrogens with zero attached hydrogens (tertiary/aromatic N) is 3. The van der Waals surface area contributed by atoms with Gasteiger partial charge in [-0.25, -0.2) is 14.6 Å². The number of carbonyl (C=O) groups is 3. The fourth-order valence-corrected chi connectivity index (χ4v) is 4.08. The normalized spacial score (nSPS) is 15.1. The Morgan fingerprint density at radius 2 is 2.00 bits per heavy atom. The Morgan fingerprint density at radius 3 is 2.66 bits per heavy atom. The van der Waals surface area contributed by atoms with Crippen molar-refractivity contribution in [2.45, 2.75) is 26.5 Å². The molecule has 1 unspecified atom stereocenters. The molecule has 35 heavy (non-hydrogen) atoms. The molecule has 3 amide bonds. The molecule has 0 spiro atoms. The molecule has 2 aromatic carbocycles. The number of hydrazine groups is 1. The van der Waals surface area contributed by atoms with Crippen molar-refractivity contribution in [3.8, 4) is 11.1 Å². The van der Waals surface area contributed by atoms with Gasteiger partial charge >= 0.3 is 6.09 Å². The summed E-state index contributed by atoms with van der Waals surface area (Å²) < 4.78 is 23.9. The molecule has 1 aliphatic heterocycles. The minimum absolute atomic E-state index is 0.200. The highest BCUT2D eigenvalue weighted by Crippen LogP contribution is 2.29. The van der Waals surface area contributed by atoms with E-state index in [0.717, 1.165) is 17.1 Å². The smallest absolute Gasteiger partial charge is 0.414 e. The summed E-state index contributed by atoms with van der Waals surface area (Å²) in [6, 6.07) is 11.8. The van der Waals surface area contributed by atoms with Crippen molar-refractivity contribution in [2.24, 2.45) is 0 Å². The number of rotatable bonds is 8. The number of hydrogen-bond acceptors (Lipinski definition) is 8. The molecule has 3 aromatic rings. The second kappa shape index (κ2) is 10.6. The number of hydrogen-bond donors (Lipinski definition) is 3. The summed E-state index contributed by atoms with van der Waals surface area (Å²) in [5.41, 5.74) is 8.34. The van der Waals surface area contributed by atoms with Gasteiger partial charge in [0.1, 0.15) is 16.8 Å². The number of benzene rings is 2. The van der Waals surface area contributed by atoms with Crippen molar-refractivity contribution in [1.82, 2.24) is 25.8 Å². The first-order chi connectivity index (χ1) is 16.8. The van der Waals surface area contributed by atoms with Gasteiger partial charge in [0, 0.05) is 19.0 Å². The number of halogens is 1. The van der Waals surface area contributed by atoms with Crippen molar-refractivity contribution >= 4 is 35.1 Å². The van der Waals surface area contributed by atoms with Crippen LogP contribution in [-0.4, -0.2) is 46.7 Å². The molecule has 1 fully saturated rings. The lowest BCUT2D eigenvalue weighted by atomic mass is 10.0. The molecule has 3 N–H and O–H groups in total. The van der Waals surface area contributed by atoms with E-state index in [1.54, 1.807) is 31.2 Å². The second-order valence-corrected chi connectivity index (χ2v) is 8.66. The molecule has 0 radical (unpaired) electrons. The van der Waals surface area contributed by atoms with Gasteiger partial charge in [0.15, 0.2) is 0 Å². The Bertz CT molecular complexity index is 1250. The molecule has 0 saturated carbocycles. The maximum atomic E-state index is 14.9. The van der Waals surface area contributed by atoms with Gasteiger partial charge in [-0.15, -0.1) is 5.10 Å². The van der Waals surface area contributed by atoms with Crippen LogP contribution in [-0.2, 0) is 16.1 Å². The lowest BCUT2D eigenvalue weighted by molar-refractivity contribution is -0.119. The van der Waals surface area contributed by atoms with E-state index < -0.39 is 18.0 Å². The van der Waals surface area contributed by atoms with Gasteiger partial charge in [-0.1, -0.05) is 28.8 Å². The molecule has 1 aliphatic rings. The standard InChI is InChI=1S/C23H23FN6O4S/c1-13-21(35-29-27-13)22(32)28-26-10-15-3-5-16(6-4-15)19-8-7-17(9-20(19)24)30-12-18(34-23(30)33)11-25-14(2)31/h3-9,18,26H,10-12H2,1-2H3,(H,25,31)(H,28,32). The van der Waals surface area contributed by atoms with E-state index in [1.807, 2.05) is 12.1 Å². The summed E-state index contributed by atoms with van der Waals surface area (Å²) in [5, 5.41) is 6.41. The van der Waals surface area contributed by atoms with Crippen LogP contribution in [0.2, 0.25) is 0 Å². The van der Waals surface area contributed by atoms with E-state index in [0.29, 0.717) is 33.9 Å². The zero-order valence-corrected chi connectivity index (χ0v) is 19.8. The lowest BCUT2D eigenvalue weighted by Crippen LogP contribution is -2.36. The van der Waals surface area contributed by atoms with Crippen LogP contribution in [0.3, 0.4) is 0 Å². The van der Waals surface area contributed by atoms with Crippen molar-refractivity contribution in [1.29, 1.82) is 0 Å². The van der Waals surface area contributed by atoms with Crippen LogP contribution in [0.4, 0.5) is 14.9 Å². The van der Waals surface area contributed by atoms with Gasteiger partial charge in [-0.2, -0.15) is 0 Å². The number of cyclic esters (lactones) is 1. The molecule has 1 saturated heterocycles. The van der Waals surface area contributed by atoms with Crippen LogP contribution in [0, 0.1) is 12.7 Å². The number of carbonyl (C=O) groups excluding carboxylic acids is 3. The molecule has 2 heterocycles. The second-order valence-electron chi connectivity index (χ2n) is 7.91. The molecule has 4 rings (SSSR count). The Hall–Kier alpha value is -3.90. The Morgan fingerprint density at radius 1 is 1.23 bits per heavy atom. The monoisotopic (exact) mass is 498 g/mol. The van der Waals surface area contributed by atoms with E-state index in [-0.39, 0.29) is 24.9 Å². The Labute approximate surface area is 204 Å². The Kier molecular flexibility index (Phi) is 7.32. The fourth-order valence-electron chi connectivity index (χ4n) is 3.53. The number of amides is 3. The third-order valence-corrected chi connectivity index (χ3v) is 6.16. The fraction of sp³-hybridized carbons (Fsp3) is 0.261. The van der Waals surface area contributed by atoms with Gasteiger partial charge in [-0.3, -0.25) is 19.9 Å². The van der Waals surface area contributed by atoms with Gasteiger partial charge < -0.3 is 10.1 Å². The van der Waals surface area contributed by atoms with Gasteiger partial charge in [0.05, 0.1) is 24.5 Å². The van der Waals surface area contributed by atoms with Crippen LogP contribution in [0.15, 0.2) is 42.5 Å². The van der Waals surface area contributed by atoms with Crippen molar-refractivity contribution < 1.29 is 23.5 Å². The topological polar surface area (TPSA) is 126 Å². The van der Waals surface area contributed by atoms with Crippen molar-refractivity contribution in [3.05, 3.63) is 64.4 Å². The summed E-state index contributed by atoms with van der Waals surface area (Å²) in [5.74, 6) is -1.00. The maximum Gasteiger partial charge on any atom is 0.414 e. The molecule has 12 heteroatoms. The third kappa shape index (κ3) is 5.78. The first-order valence-electron chi connectivity index (χ1n) is 10.8. The van der Waals surface area contributed by atoms with Crippen molar-refractivity contribution in [2.75, 3.05) is 18.0 Å². The third-order valence-electron chi connectivity index (χ3n) is 5.33. The zero-order chi connectivity index (χ0) is 24.9. The van der Waals surface area contributed by atoms with E-state index in [2.05, 4.69) is 25.8 Å². The number of ether oxygens (including phenoxy) is 1. The summed E-state index contributed by atoms with van der Waals surface area (Å²) in [6.45, 7) is 3.88. The predicted molar refractivity (Wildman–Crippen MR) is 127 cm³/mol. The van der Waals surface area contributed by atoms with Crippen LogP contribution >= 0.6 is 11.5 Å². The predicted octanol–water partition coefficient (Wildman–Crippen LogP) is 2.55. The average Bonchev–Trinajstić information content (AvgIpc) is 3.43. The average molecular weight is 499 g/mol. The van der Waals surface area contributed by atoms with Gasteiger partial charge in [-0.05, 0) is 47.8 Å². The summed E-state index contributed by atoms with van der Waals surface area (Å²) in [4.78, 5) is 37.1. The molecular weight excluding hydrogens is 475 g/mol. The molecule has 0 bridgehead atoms. The van der Waals surface area contributed by atoms with Crippen LogP contribution < -0.4 is 21.1 Å². The van der Waals surface area contributed by atoms with Gasteiger partial charge in [0.25, 0.3) is 5.91 Å². The summed E-state index contributed by atoms with van der Waals surface area (Å²) >= 11 is 1.02. The van der Waals surface area contributed by atoms with E-state index >= 15 is 0 Å². The molecule has 1 aromatic heterocycles. The summed E-state index contributed by atoms with van der Waals surface area (Å²) in [7, 11) is 0. The number of aryl methyl sites for hydroxylation is 1. The Balaban J connectivity index is 1.35. The molecular formula is C23H23FN6O4S. The number of aromatic nitrogens is 2. The number of nitrogens with one attached hydrogen (secondary N) is 3. The van der Waals surface area contributed by atoms with Crippen LogP contribution in [0.5, 0.6) is 0 Å². The lowest BCUT2D eigenvalue weighted by Gasteiger charge is -2.15. The SMILES string of the molecule is CC(=O)NCC1CN(c2ccc(-c3ccc(CNNC(=O)c4snnc4C)cc3)c(F)c2)C(=O)O1. The van der Waals surface area contributed by atoms with E-state index in [1.165, 1.54) is 17.9 Å². The minimum Gasteiger partial charge on any atom is -0.442 e. The molecule has 1 atom stereocenters. The minimum atomic E-state index is -0.585. The van der Waals surface area contributed by atoms with Gasteiger partial charge in [0.2, 0.25) is 5.91 Å². The quantitative estimate of drug-likeness (QED) is 0.408. The largest absolute Gasteiger partial charge is 0.442 e.